The van der Waals surface area contributed by atoms with Crippen molar-refractivity contribution in [3.05, 3.63) is 16.2 Å². The van der Waals surface area contributed by atoms with Gasteiger partial charge in [-0.05, 0) is 26.2 Å². The van der Waals surface area contributed by atoms with Crippen molar-refractivity contribution in [1.29, 1.82) is 0 Å². The molecule has 1 aliphatic rings. The number of carbonyl (C=O) groups is 1. The molecule has 7 heteroatoms. The number of thiazole rings is 1. The minimum Gasteiger partial charge on any atom is -0.334 e. The van der Waals surface area contributed by atoms with Crippen LogP contribution in [-0.4, -0.2) is 37.1 Å². The van der Waals surface area contributed by atoms with E-state index in [1.54, 1.807) is 11.3 Å². The zero-order valence-corrected chi connectivity index (χ0v) is 14.2. The van der Waals surface area contributed by atoms with E-state index in [2.05, 4.69) is 29.0 Å². The van der Waals surface area contributed by atoms with Crippen molar-refractivity contribution < 1.29 is 4.79 Å². The summed E-state index contributed by atoms with van der Waals surface area (Å²) in [5.41, 5.74) is 0.813. The number of aryl methyl sites for hydroxylation is 1. The molecule has 0 radical (unpaired) electrons. The number of fused-ring (bicyclic) bond motifs is 1. The first kappa shape index (κ1) is 15.1. The lowest BCUT2D eigenvalue weighted by atomic mass is 10.0. The van der Waals surface area contributed by atoms with Crippen molar-refractivity contribution >= 4 is 17.2 Å². The first-order valence-electron chi connectivity index (χ1n) is 7.66. The zero-order valence-electron chi connectivity index (χ0n) is 13.4. The second-order valence-corrected chi connectivity index (χ2v) is 7.12. The van der Waals surface area contributed by atoms with Crippen LogP contribution in [0.15, 0.2) is 5.38 Å². The summed E-state index contributed by atoms with van der Waals surface area (Å²) in [6, 6.07) is -0.226. The molecule has 0 unspecified atom stereocenters. The van der Waals surface area contributed by atoms with Crippen molar-refractivity contribution in [3.8, 4) is 11.5 Å². The molecule has 1 atom stereocenters. The SMILES string of the molecule is CCN1Cc2nnc(-c3csc(C)n3)n2[C@@H](CC(C)C)C1=O. The second kappa shape index (κ2) is 5.79. The largest absolute Gasteiger partial charge is 0.334 e. The lowest BCUT2D eigenvalue weighted by molar-refractivity contribution is -0.137. The monoisotopic (exact) mass is 319 g/mol. The topological polar surface area (TPSA) is 63.9 Å². The molecule has 0 aliphatic carbocycles. The summed E-state index contributed by atoms with van der Waals surface area (Å²) in [5.74, 6) is 2.16. The number of rotatable bonds is 4. The summed E-state index contributed by atoms with van der Waals surface area (Å²) in [7, 11) is 0. The molecule has 118 valence electrons. The van der Waals surface area contributed by atoms with Gasteiger partial charge in [0.2, 0.25) is 5.91 Å². The molecule has 3 rings (SSSR count). The number of carbonyl (C=O) groups excluding carboxylic acids is 1. The van der Waals surface area contributed by atoms with E-state index in [1.165, 1.54) is 0 Å². The Labute approximate surface area is 134 Å². The number of amides is 1. The number of nitrogens with zero attached hydrogens (tertiary/aromatic N) is 5. The third-order valence-electron chi connectivity index (χ3n) is 3.93. The summed E-state index contributed by atoms with van der Waals surface area (Å²) in [5, 5.41) is 11.6. The van der Waals surface area contributed by atoms with Crippen molar-refractivity contribution in [2.45, 2.75) is 46.7 Å². The third kappa shape index (κ3) is 2.54. The highest BCUT2D eigenvalue weighted by molar-refractivity contribution is 7.09. The molecule has 0 spiro atoms. The van der Waals surface area contributed by atoms with E-state index in [0.717, 1.165) is 22.9 Å². The van der Waals surface area contributed by atoms with Gasteiger partial charge in [0.05, 0.1) is 11.6 Å². The zero-order chi connectivity index (χ0) is 15.9. The number of aromatic nitrogens is 4. The van der Waals surface area contributed by atoms with Crippen LogP contribution in [0.5, 0.6) is 0 Å². The highest BCUT2D eigenvalue weighted by Crippen LogP contribution is 2.32. The third-order valence-corrected chi connectivity index (χ3v) is 4.71. The van der Waals surface area contributed by atoms with Crippen LogP contribution in [0, 0.1) is 12.8 Å². The Balaban J connectivity index is 2.08. The van der Waals surface area contributed by atoms with E-state index in [4.69, 9.17) is 0 Å². The van der Waals surface area contributed by atoms with E-state index >= 15 is 0 Å². The predicted molar refractivity (Wildman–Crippen MR) is 85.5 cm³/mol. The molecule has 0 fully saturated rings. The van der Waals surface area contributed by atoms with Gasteiger partial charge in [-0.3, -0.25) is 9.36 Å². The number of hydrogen-bond acceptors (Lipinski definition) is 5. The minimum absolute atomic E-state index is 0.164. The van der Waals surface area contributed by atoms with Crippen LogP contribution in [0.25, 0.3) is 11.5 Å². The molecule has 0 bridgehead atoms. The molecule has 2 aromatic rings. The van der Waals surface area contributed by atoms with Crippen LogP contribution >= 0.6 is 11.3 Å². The van der Waals surface area contributed by atoms with Gasteiger partial charge in [-0.15, -0.1) is 21.5 Å². The van der Waals surface area contributed by atoms with Crippen molar-refractivity contribution in [1.82, 2.24) is 24.6 Å². The molecule has 2 aromatic heterocycles. The molecule has 3 heterocycles. The van der Waals surface area contributed by atoms with Gasteiger partial charge >= 0.3 is 0 Å². The molecule has 0 aromatic carbocycles. The van der Waals surface area contributed by atoms with Gasteiger partial charge in [0, 0.05) is 11.9 Å². The predicted octanol–water partition coefficient (Wildman–Crippen LogP) is 2.66. The summed E-state index contributed by atoms with van der Waals surface area (Å²) in [6.45, 7) is 9.47. The van der Waals surface area contributed by atoms with Gasteiger partial charge in [0.25, 0.3) is 0 Å². The van der Waals surface area contributed by atoms with Crippen LogP contribution in [0.2, 0.25) is 0 Å². The van der Waals surface area contributed by atoms with Crippen LogP contribution in [0.4, 0.5) is 0 Å². The maximum Gasteiger partial charge on any atom is 0.246 e. The highest BCUT2D eigenvalue weighted by Gasteiger charge is 2.36. The van der Waals surface area contributed by atoms with Gasteiger partial charge in [0.1, 0.15) is 11.7 Å². The van der Waals surface area contributed by atoms with E-state index in [1.807, 2.05) is 28.7 Å². The van der Waals surface area contributed by atoms with Crippen LogP contribution < -0.4 is 0 Å². The van der Waals surface area contributed by atoms with E-state index < -0.39 is 0 Å². The second-order valence-electron chi connectivity index (χ2n) is 6.06. The van der Waals surface area contributed by atoms with Gasteiger partial charge in [0.15, 0.2) is 11.6 Å². The van der Waals surface area contributed by atoms with Gasteiger partial charge in [-0.25, -0.2) is 4.98 Å². The van der Waals surface area contributed by atoms with Crippen LogP contribution in [0.1, 0.15) is 44.1 Å². The van der Waals surface area contributed by atoms with E-state index in [-0.39, 0.29) is 11.9 Å². The summed E-state index contributed by atoms with van der Waals surface area (Å²) in [4.78, 5) is 19.1. The highest BCUT2D eigenvalue weighted by atomic mass is 32.1. The maximum atomic E-state index is 12.8. The van der Waals surface area contributed by atoms with Gasteiger partial charge in [-0.2, -0.15) is 0 Å². The fourth-order valence-corrected chi connectivity index (χ4v) is 3.48. The number of hydrogen-bond donors (Lipinski definition) is 0. The average molecular weight is 319 g/mol. The summed E-state index contributed by atoms with van der Waals surface area (Å²) in [6.07, 6.45) is 0.788. The fourth-order valence-electron chi connectivity index (χ4n) is 2.89. The fraction of sp³-hybridized carbons (Fsp3) is 0.600. The van der Waals surface area contributed by atoms with Crippen molar-refractivity contribution in [2.75, 3.05) is 6.54 Å². The molecule has 0 N–H and O–H groups in total. The Bertz CT molecular complexity index is 690. The molecular weight excluding hydrogens is 298 g/mol. The van der Waals surface area contributed by atoms with Gasteiger partial charge < -0.3 is 4.90 Å². The standard InChI is InChI=1S/C15H21N5OS/c1-5-19-7-13-17-18-14(11-8-22-10(4)16-11)20(13)12(15(19)21)6-9(2)3/h8-9,12H,5-7H2,1-4H3/t12-/m0/s1. The van der Waals surface area contributed by atoms with E-state index in [9.17, 15) is 4.79 Å². The van der Waals surface area contributed by atoms with Gasteiger partial charge in [-0.1, -0.05) is 13.8 Å². The first-order valence-corrected chi connectivity index (χ1v) is 8.54. The quantitative estimate of drug-likeness (QED) is 0.869. The molecule has 1 amide bonds. The lowest BCUT2D eigenvalue weighted by Gasteiger charge is -2.33. The van der Waals surface area contributed by atoms with Crippen LogP contribution in [0.3, 0.4) is 0 Å². The molecular formula is C15H21N5OS. The Hall–Kier alpha value is -1.76. The summed E-state index contributed by atoms with van der Waals surface area (Å²) < 4.78 is 2.00. The molecule has 0 saturated heterocycles. The Morgan fingerprint density at radius 3 is 2.77 bits per heavy atom. The Morgan fingerprint density at radius 2 is 2.18 bits per heavy atom. The molecule has 1 aliphatic heterocycles. The lowest BCUT2D eigenvalue weighted by Crippen LogP contribution is -2.43. The first-order chi connectivity index (χ1) is 10.5. The molecule has 0 saturated carbocycles. The number of likely N-dealkylation sites (N-methyl/N-ethyl adjacent to an activating group) is 1. The minimum atomic E-state index is -0.226. The Morgan fingerprint density at radius 1 is 1.41 bits per heavy atom. The maximum absolute atomic E-state index is 12.8. The van der Waals surface area contributed by atoms with Crippen molar-refractivity contribution in [3.63, 3.8) is 0 Å². The normalized spacial score (nSPS) is 18.1. The molecule has 6 nitrogen and oxygen atoms in total. The van der Waals surface area contributed by atoms with Crippen LogP contribution in [-0.2, 0) is 11.3 Å². The van der Waals surface area contributed by atoms with E-state index in [0.29, 0.717) is 24.8 Å². The average Bonchev–Trinajstić information content (AvgIpc) is 3.07. The van der Waals surface area contributed by atoms with Crippen molar-refractivity contribution in [2.24, 2.45) is 5.92 Å². The molecule has 22 heavy (non-hydrogen) atoms. The Kier molecular flexibility index (Phi) is 3.99. The smallest absolute Gasteiger partial charge is 0.246 e. The summed E-state index contributed by atoms with van der Waals surface area (Å²) >= 11 is 1.59.